The molecule has 0 heterocycles. The summed E-state index contributed by atoms with van der Waals surface area (Å²) < 4.78 is 5.17. The number of nitrogens with one attached hydrogen (secondary N) is 1. The molecule has 0 aliphatic carbocycles. The van der Waals surface area contributed by atoms with Gasteiger partial charge >= 0.3 is 5.97 Å². The fourth-order valence-corrected chi connectivity index (χ4v) is 2.05. The molecule has 0 saturated carbocycles. The third-order valence-corrected chi connectivity index (χ3v) is 3.26. The minimum absolute atomic E-state index is 0.0517. The number of rotatable bonds is 7. The van der Waals surface area contributed by atoms with Crippen molar-refractivity contribution in [2.45, 2.75) is 19.1 Å². The zero-order valence-corrected chi connectivity index (χ0v) is 13.0. The van der Waals surface area contributed by atoms with Crippen LogP contribution in [0.25, 0.3) is 0 Å². The van der Waals surface area contributed by atoms with Crippen LogP contribution in [0.1, 0.15) is 22.3 Å². The second-order valence-corrected chi connectivity index (χ2v) is 5.16. The molecule has 0 aliphatic rings. The van der Waals surface area contributed by atoms with Crippen LogP contribution in [0.4, 0.5) is 0 Å². The van der Waals surface area contributed by atoms with Gasteiger partial charge in [-0.25, -0.2) is 4.79 Å². The van der Waals surface area contributed by atoms with Crippen molar-refractivity contribution in [3.63, 3.8) is 0 Å². The van der Waals surface area contributed by atoms with E-state index in [0.29, 0.717) is 5.56 Å². The quantitative estimate of drug-likeness (QED) is 0.751. The SMILES string of the molecule is NC(=O)C[C@H](NC(=O)c1ccccc1)C(=O)OCc1ccccc1. The van der Waals surface area contributed by atoms with Gasteiger partial charge in [-0.05, 0) is 17.7 Å². The molecular weight excluding hydrogens is 308 g/mol. The fraction of sp³-hybridized carbons (Fsp3) is 0.167. The number of amides is 2. The summed E-state index contributed by atoms with van der Waals surface area (Å²) in [6, 6.07) is 16.3. The van der Waals surface area contributed by atoms with Crippen molar-refractivity contribution in [3.8, 4) is 0 Å². The molecule has 2 aromatic rings. The summed E-state index contributed by atoms with van der Waals surface area (Å²) >= 11 is 0. The lowest BCUT2D eigenvalue weighted by molar-refractivity contribution is -0.148. The lowest BCUT2D eigenvalue weighted by Gasteiger charge is -2.16. The standard InChI is InChI=1S/C18H18N2O4/c19-16(21)11-15(20-17(22)14-9-5-2-6-10-14)18(23)24-12-13-7-3-1-4-8-13/h1-10,15H,11-12H2,(H2,19,21)(H,20,22)/t15-/m0/s1. The number of primary amides is 1. The highest BCUT2D eigenvalue weighted by Crippen LogP contribution is 2.05. The van der Waals surface area contributed by atoms with E-state index >= 15 is 0 Å². The highest BCUT2D eigenvalue weighted by molar-refractivity contribution is 5.97. The fourth-order valence-electron chi connectivity index (χ4n) is 2.05. The zero-order chi connectivity index (χ0) is 17.4. The van der Waals surface area contributed by atoms with Crippen molar-refractivity contribution in [1.29, 1.82) is 0 Å². The second-order valence-electron chi connectivity index (χ2n) is 5.16. The van der Waals surface area contributed by atoms with Gasteiger partial charge in [-0.15, -0.1) is 0 Å². The predicted molar refractivity (Wildman–Crippen MR) is 87.7 cm³/mol. The molecule has 0 aromatic heterocycles. The first-order valence-corrected chi connectivity index (χ1v) is 7.41. The molecule has 0 aliphatic heterocycles. The van der Waals surface area contributed by atoms with Crippen molar-refractivity contribution in [2.75, 3.05) is 0 Å². The van der Waals surface area contributed by atoms with Crippen molar-refractivity contribution < 1.29 is 19.1 Å². The van der Waals surface area contributed by atoms with E-state index in [1.54, 1.807) is 42.5 Å². The Morgan fingerprint density at radius 2 is 1.54 bits per heavy atom. The highest BCUT2D eigenvalue weighted by atomic mass is 16.5. The van der Waals surface area contributed by atoms with E-state index in [0.717, 1.165) is 5.56 Å². The number of hydrogen-bond acceptors (Lipinski definition) is 4. The van der Waals surface area contributed by atoms with Gasteiger partial charge in [-0.1, -0.05) is 48.5 Å². The van der Waals surface area contributed by atoms with E-state index in [9.17, 15) is 14.4 Å². The van der Waals surface area contributed by atoms with Crippen molar-refractivity contribution in [3.05, 3.63) is 71.8 Å². The Morgan fingerprint density at radius 3 is 2.12 bits per heavy atom. The summed E-state index contributed by atoms with van der Waals surface area (Å²) in [7, 11) is 0. The lowest BCUT2D eigenvalue weighted by atomic mass is 10.1. The van der Waals surface area contributed by atoms with Gasteiger partial charge in [0.15, 0.2) is 0 Å². The summed E-state index contributed by atoms with van der Waals surface area (Å²) in [5, 5.41) is 2.49. The Morgan fingerprint density at radius 1 is 0.958 bits per heavy atom. The van der Waals surface area contributed by atoms with Crippen LogP contribution >= 0.6 is 0 Å². The number of esters is 1. The molecule has 2 amide bonds. The maximum Gasteiger partial charge on any atom is 0.329 e. The van der Waals surface area contributed by atoms with E-state index in [1.807, 2.05) is 18.2 Å². The second kappa shape index (κ2) is 8.47. The van der Waals surface area contributed by atoms with Crippen LogP contribution in [-0.2, 0) is 20.9 Å². The van der Waals surface area contributed by atoms with Crippen molar-refractivity contribution in [1.82, 2.24) is 5.32 Å². The molecule has 0 bridgehead atoms. The molecule has 0 spiro atoms. The van der Waals surface area contributed by atoms with Gasteiger partial charge in [-0.3, -0.25) is 9.59 Å². The van der Waals surface area contributed by atoms with Gasteiger partial charge in [0, 0.05) is 5.56 Å². The van der Waals surface area contributed by atoms with E-state index < -0.39 is 23.8 Å². The number of nitrogens with two attached hydrogens (primary N) is 1. The number of carbonyl (C=O) groups is 3. The van der Waals surface area contributed by atoms with Gasteiger partial charge in [0.25, 0.3) is 5.91 Å². The summed E-state index contributed by atoms with van der Waals surface area (Å²) in [4.78, 5) is 35.5. The average molecular weight is 326 g/mol. The number of ether oxygens (including phenoxy) is 1. The molecule has 0 unspecified atom stereocenters. The summed E-state index contributed by atoms with van der Waals surface area (Å²) in [6.45, 7) is 0.0517. The van der Waals surface area contributed by atoms with Crippen LogP contribution < -0.4 is 11.1 Å². The molecule has 24 heavy (non-hydrogen) atoms. The average Bonchev–Trinajstić information content (AvgIpc) is 2.60. The molecule has 1 atom stereocenters. The van der Waals surface area contributed by atoms with Gasteiger partial charge in [-0.2, -0.15) is 0 Å². The molecule has 0 radical (unpaired) electrons. The first-order chi connectivity index (χ1) is 11.6. The van der Waals surface area contributed by atoms with Crippen molar-refractivity contribution in [2.24, 2.45) is 5.73 Å². The third kappa shape index (κ3) is 5.24. The molecule has 6 nitrogen and oxygen atoms in total. The zero-order valence-electron chi connectivity index (χ0n) is 13.0. The minimum atomic E-state index is -1.13. The van der Waals surface area contributed by atoms with Crippen LogP contribution in [0, 0.1) is 0 Å². The summed E-state index contributed by atoms with van der Waals surface area (Å²) in [5.41, 5.74) is 6.34. The molecule has 2 aromatic carbocycles. The molecule has 0 fully saturated rings. The smallest absolute Gasteiger partial charge is 0.329 e. The Bertz CT molecular complexity index is 701. The largest absolute Gasteiger partial charge is 0.459 e. The monoisotopic (exact) mass is 326 g/mol. The number of benzene rings is 2. The molecule has 2 rings (SSSR count). The molecule has 0 saturated heterocycles. The molecule has 3 N–H and O–H groups in total. The summed E-state index contributed by atoms with van der Waals surface area (Å²) in [6.07, 6.45) is -0.327. The van der Waals surface area contributed by atoms with Crippen LogP contribution in [0.3, 0.4) is 0 Å². The van der Waals surface area contributed by atoms with Gasteiger partial charge in [0.05, 0.1) is 6.42 Å². The van der Waals surface area contributed by atoms with Gasteiger partial charge in [0.1, 0.15) is 12.6 Å². The van der Waals surface area contributed by atoms with Crippen molar-refractivity contribution >= 4 is 17.8 Å². The highest BCUT2D eigenvalue weighted by Gasteiger charge is 2.25. The van der Waals surface area contributed by atoms with E-state index in [-0.39, 0.29) is 13.0 Å². The maximum absolute atomic E-state index is 12.2. The van der Waals surface area contributed by atoms with E-state index in [2.05, 4.69) is 5.32 Å². The van der Waals surface area contributed by atoms with Crippen LogP contribution in [0.5, 0.6) is 0 Å². The molecular formula is C18H18N2O4. The Balaban J connectivity index is 2.00. The topological polar surface area (TPSA) is 98.5 Å². The maximum atomic E-state index is 12.2. The van der Waals surface area contributed by atoms with Crippen LogP contribution in [-0.4, -0.2) is 23.8 Å². The first kappa shape index (κ1) is 17.2. The summed E-state index contributed by atoms with van der Waals surface area (Å²) in [5.74, 6) is -1.88. The third-order valence-electron chi connectivity index (χ3n) is 3.26. The Kier molecular flexibility index (Phi) is 6.08. The first-order valence-electron chi connectivity index (χ1n) is 7.41. The van der Waals surface area contributed by atoms with Gasteiger partial charge in [0.2, 0.25) is 5.91 Å². The normalized spacial score (nSPS) is 11.3. The molecule has 124 valence electrons. The minimum Gasteiger partial charge on any atom is -0.459 e. The predicted octanol–water partition coefficient (Wildman–Crippen LogP) is 1.40. The Labute approximate surface area is 139 Å². The van der Waals surface area contributed by atoms with E-state index in [1.165, 1.54) is 0 Å². The van der Waals surface area contributed by atoms with Crippen LogP contribution in [0.15, 0.2) is 60.7 Å². The molecule has 6 heteroatoms. The number of carbonyl (C=O) groups excluding carboxylic acids is 3. The number of hydrogen-bond donors (Lipinski definition) is 2. The van der Waals surface area contributed by atoms with Crippen LogP contribution in [0.2, 0.25) is 0 Å². The lowest BCUT2D eigenvalue weighted by Crippen LogP contribution is -2.44. The Hall–Kier alpha value is -3.15. The van der Waals surface area contributed by atoms with Gasteiger partial charge < -0.3 is 15.8 Å². The van der Waals surface area contributed by atoms with E-state index in [4.69, 9.17) is 10.5 Å².